The smallest absolute Gasteiger partial charge is 0.245 e. The van der Waals surface area contributed by atoms with E-state index in [4.69, 9.17) is 0 Å². The Labute approximate surface area is 159 Å². The van der Waals surface area contributed by atoms with Gasteiger partial charge in [0.25, 0.3) is 0 Å². The van der Waals surface area contributed by atoms with Crippen molar-refractivity contribution in [3.63, 3.8) is 0 Å². The molecule has 138 valence electrons. The van der Waals surface area contributed by atoms with Crippen LogP contribution >= 0.6 is 11.3 Å². The Kier molecular flexibility index (Phi) is 6.45. The molecule has 0 spiro atoms. The molecule has 2 aromatic rings. The van der Waals surface area contributed by atoms with Crippen LogP contribution < -0.4 is 0 Å². The van der Waals surface area contributed by atoms with E-state index in [1.54, 1.807) is 21.1 Å². The van der Waals surface area contributed by atoms with E-state index >= 15 is 0 Å². The number of likely N-dealkylation sites (N-methyl/N-ethyl adjacent to an activating group) is 1. The molecule has 1 fully saturated rings. The van der Waals surface area contributed by atoms with E-state index in [2.05, 4.69) is 12.1 Å². The van der Waals surface area contributed by atoms with Gasteiger partial charge in [0.1, 0.15) is 6.04 Å². The lowest BCUT2D eigenvalue weighted by atomic mass is 10.1. The van der Waals surface area contributed by atoms with E-state index in [0.29, 0.717) is 13.0 Å². The lowest BCUT2D eigenvalue weighted by Gasteiger charge is -2.28. The standard InChI is InChI=1S/C21H26N2O2S/c1-22(13-5-10-17-8-3-2-4-9-17)21(25)19-12-6-14-23(19)20(24)16-18-11-7-15-26-18/h2-4,7-9,11,15,19H,5-6,10,12-14,16H2,1H3. The predicted molar refractivity (Wildman–Crippen MR) is 105 cm³/mol. The maximum atomic E-state index is 12.8. The fraction of sp³-hybridized carbons (Fsp3) is 0.429. The topological polar surface area (TPSA) is 40.6 Å². The molecule has 1 saturated heterocycles. The molecule has 0 aliphatic carbocycles. The van der Waals surface area contributed by atoms with Gasteiger partial charge in [0.15, 0.2) is 0 Å². The van der Waals surface area contributed by atoms with Crippen molar-refractivity contribution in [3.05, 3.63) is 58.3 Å². The lowest BCUT2D eigenvalue weighted by Crippen LogP contribution is -2.47. The average Bonchev–Trinajstić information content (AvgIpc) is 3.33. The Balaban J connectivity index is 1.51. The number of hydrogen-bond acceptors (Lipinski definition) is 3. The van der Waals surface area contributed by atoms with Crippen molar-refractivity contribution in [3.8, 4) is 0 Å². The second kappa shape index (κ2) is 8.99. The second-order valence-corrected chi connectivity index (χ2v) is 7.88. The average molecular weight is 371 g/mol. The van der Waals surface area contributed by atoms with Crippen molar-refractivity contribution < 1.29 is 9.59 Å². The Morgan fingerprint density at radius 1 is 1.19 bits per heavy atom. The molecule has 0 N–H and O–H groups in total. The molecule has 1 aliphatic rings. The van der Waals surface area contributed by atoms with Crippen molar-refractivity contribution in [2.75, 3.05) is 20.1 Å². The van der Waals surface area contributed by atoms with Crippen LogP contribution in [0.5, 0.6) is 0 Å². The first-order valence-electron chi connectivity index (χ1n) is 9.26. The first-order valence-corrected chi connectivity index (χ1v) is 10.1. The summed E-state index contributed by atoms with van der Waals surface area (Å²) in [5.41, 5.74) is 1.29. The minimum Gasteiger partial charge on any atom is -0.344 e. The second-order valence-electron chi connectivity index (χ2n) is 6.85. The predicted octanol–water partition coefficient (Wildman–Crippen LogP) is 3.37. The van der Waals surface area contributed by atoms with Gasteiger partial charge in [0.2, 0.25) is 11.8 Å². The van der Waals surface area contributed by atoms with Gasteiger partial charge >= 0.3 is 0 Å². The van der Waals surface area contributed by atoms with E-state index in [-0.39, 0.29) is 17.9 Å². The summed E-state index contributed by atoms with van der Waals surface area (Å²) in [7, 11) is 1.85. The Hall–Kier alpha value is -2.14. The van der Waals surface area contributed by atoms with Crippen LogP contribution in [0.4, 0.5) is 0 Å². The Bertz CT molecular complexity index is 715. The van der Waals surface area contributed by atoms with Gasteiger partial charge in [-0.2, -0.15) is 0 Å². The highest BCUT2D eigenvalue weighted by molar-refractivity contribution is 7.10. The van der Waals surface area contributed by atoms with Crippen LogP contribution in [0.3, 0.4) is 0 Å². The molecule has 0 bridgehead atoms. The normalized spacial score (nSPS) is 16.7. The summed E-state index contributed by atoms with van der Waals surface area (Å²) in [4.78, 5) is 30.1. The number of rotatable bonds is 7. The van der Waals surface area contributed by atoms with Gasteiger partial charge in [0.05, 0.1) is 6.42 Å². The van der Waals surface area contributed by atoms with Crippen molar-refractivity contribution in [1.29, 1.82) is 0 Å². The number of carbonyl (C=O) groups excluding carboxylic acids is 2. The maximum absolute atomic E-state index is 12.8. The van der Waals surface area contributed by atoms with Crippen LogP contribution in [0, 0.1) is 0 Å². The SMILES string of the molecule is CN(CCCc1ccccc1)C(=O)C1CCCN1C(=O)Cc1cccs1. The molecule has 5 heteroatoms. The first kappa shape index (κ1) is 18.6. The number of hydrogen-bond donors (Lipinski definition) is 0. The number of amides is 2. The van der Waals surface area contributed by atoms with Crippen molar-refractivity contribution in [1.82, 2.24) is 9.80 Å². The highest BCUT2D eigenvalue weighted by atomic mass is 32.1. The zero-order chi connectivity index (χ0) is 18.4. The fourth-order valence-corrected chi connectivity index (χ4v) is 4.21. The van der Waals surface area contributed by atoms with E-state index < -0.39 is 0 Å². The zero-order valence-electron chi connectivity index (χ0n) is 15.3. The minimum absolute atomic E-state index is 0.0704. The molecular weight excluding hydrogens is 344 g/mol. The van der Waals surface area contributed by atoms with E-state index in [1.165, 1.54) is 5.56 Å². The fourth-order valence-electron chi connectivity index (χ4n) is 3.52. The number of thiophene rings is 1. The largest absolute Gasteiger partial charge is 0.344 e. The van der Waals surface area contributed by atoms with Gasteiger partial charge in [-0.25, -0.2) is 0 Å². The quantitative estimate of drug-likeness (QED) is 0.750. The van der Waals surface area contributed by atoms with Gasteiger partial charge < -0.3 is 9.80 Å². The van der Waals surface area contributed by atoms with Crippen molar-refractivity contribution in [2.45, 2.75) is 38.1 Å². The van der Waals surface area contributed by atoms with Crippen LogP contribution in [0.25, 0.3) is 0 Å². The zero-order valence-corrected chi connectivity index (χ0v) is 16.1. The molecule has 3 rings (SSSR count). The van der Waals surface area contributed by atoms with Crippen LogP contribution in [-0.4, -0.2) is 47.8 Å². The lowest BCUT2D eigenvalue weighted by molar-refractivity contribution is -0.142. The third kappa shape index (κ3) is 4.73. The highest BCUT2D eigenvalue weighted by Crippen LogP contribution is 2.21. The van der Waals surface area contributed by atoms with Crippen LogP contribution in [0.15, 0.2) is 47.8 Å². The number of nitrogens with zero attached hydrogens (tertiary/aromatic N) is 2. The molecule has 1 unspecified atom stereocenters. The molecule has 26 heavy (non-hydrogen) atoms. The summed E-state index contributed by atoms with van der Waals surface area (Å²) >= 11 is 1.59. The number of benzene rings is 1. The minimum atomic E-state index is -0.288. The molecule has 2 amide bonds. The summed E-state index contributed by atoms with van der Waals surface area (Å²) in [6.45, 7) is 1.41. The first-order chi connectivity index (χ1) is 12.6. The van der Waals surface area contributed by atoms with Crippen LogP contribution in [-0.2, 0) is 22.4 Å². The van der Waals surface area contributed by atoms with Crippen LogP contribution in [0.2, 0.25) is 0 Å². The maximum Gasteiger partial charge on any atom is 0.245 e. The molecular formula is C21H26N2O2S. The number of carbonyl (C=O) groups is 2. The van der Waals surface area contributed by atoms with E-state index in [1.807, 2.05) is 42.8 Å². The third-order valence-electron chi connectivity index (χ3n) is 4.94. The molecule has 2 heterocycles. The van der Waals surface area contributed by atoms with E-state index in [9.17, 15) is 9.59 Å². The van der Waals surface area contributed by atoms with Gasteiger partial charge in [-0.3, -0.25) is 9.59 Å². The molecule has 1 aliphatic heterocycles. The van der Waals surface area contributed by atoms with E-state index in [0.717, 1.165) is 37.1 Å². The van der Waals surface area contributed by atoms with Gasteiger partial charge in [-0.05, 0) is 42.7 Å². The molecule has 1 aromatic carbocycles. The number of aryl methyl sites for hydroxylation is 1. The van der Waals surface area contributed by atoms with Gasteiger partial charge in [-0.15, -0.1) is 11.3 Å². The summed E-state index contributed by atoms with van der Waals surface area (Å²) < 4.78 is 0. The van der Waals surface area contributed by atoms with Crippen molar-refractivity contribution >= 4 is 23.2 Å². The molecule has 1 atom stereocenters. The Morgan fingerprint density at radius 3 is 2.73 bits per heavy atom. The van der Waals surface area contributed by atoms with Crippen molar-refractivity contribution in [2.24, 2.45) is 0 Å². The summed E-state index contributed by atoms with van der Waals surface area (Å²) in [6.07, 6.45) is 3.98. The molecule has 0 radical (unpaired) electrons. The highest BCUT2D eigenvalue weighted by Gasteiger charge is 2.35. The summed E-state index contributed by atoms with van der Waals surface area (Å²) in [5, 5.41) is 1.98. The van der Waals surface area contributed by atoms with Crippen LogP contribution in [0.1, 0.15) is 29.7 Å². The van der Waals surface area contributed by atoms with Gasteiger partial charge in [0, 0.05) is 25.0 Å². The van der Waals surface area contributed by atoms with Gasteiger partial charge in [-0.1, -0.05) is 36.4 Å². The Morgan fingerprint density at radius 2 is 2.00 bits per heavy atom. The number of likely N-dealkylation sites (tertiary alicyclic amines) is 1. The molecule has 1 aromatic heterocycles. The monoisotopic (exact) mass is 370 g/mol. The third-order valence-corrected chi connectivity index (χ3v) is 5.82. The molecule has 4 nitrogen and oxygen atoms in total. The summed E-state index contributed by atoms with van der Waals surface area (Å²) in [5.74, 6) is 0.149. The summed E-state index contributed by atoms with van der Waals surface area (Å²) in [6, 6.07) is 14.0. The molecule has 0 saturated carbocycles.